The Morgan fingerprint density at radius 3 is 2.29 bits per heavy atom. The predicted molar refractivity (Wildman–Crippen MR) is 81.6 cm³/mol. The topological polar surface area (TPSA) is 49.4 Å². The van der Waals surface area contributed by atoms with E-state index in [4.69, 9.17) is 0 Å². The smallest absolute Gasteiger partial charge is 0.249 e. The lowest BCUT2D eigenvalue weighted by Crippen LogP contribution is -2.73. The van der Waals surface area contributed by atoms with Gasteiger partial charge in [-0.1, -0.05) is 40.0 Å². The van der Waals surface area contributed by atoms with Crippen molar-refractivity contribution in [3.63, 3.8) is 0 Å². The Kier molecular flexibility index (Phi) is 3.53. The minimum absolute atomic E-state index is 0.0599. The SMILES string of the molecule is CC(C)(C)C1C(=O)NC2(CCCCC2)C(=O)N1CC1CC1. The summed E-state index contributed by atoms with van der Waals surface area (Å²) >= 11 is 0. The Morgan fingerprint density at radius 1 is 1.14 bits per heavy atom. The molecular formula is C17H28N2O2. The third-order valence-electron chi connectivity index (χ3n) is 5.27. The lowest BCUT2D eigenvalue weighted by atomic mass is 9.75. The molecule has 1 saturated heterocycles. The molecule has 3 aliphatic rings. The lowest BCUT2D eigenvalue weighted by molar-refractivity contribution is -0.161. The number of nitrogens with zero attached hydrogens (tertiary/aromatic N) is 1. The van der Waals surface area contributed by atoms with Gasteiger partial charge in [-0.15, -0.1) is 0 Å². The summed E-state index contributed by atoms with van der Waals surface area (Å²) in [6.07, 6.45) is 7.30. The Balaban J connectivity index is 1.91. The molecule has 2 amide bonds. The quantitative estimate of drug-likeness (QED) is 0.850. The van der Waals surface area contributed by atoms with Crippen LogP contribution in [0.5, 0.6) is 0 Å². The summed E-state index contributed by atoms with van der Waals surface area (Å²) in [5.74, 6) is 0.864. The fraction of sp³-hybridized carbons (Fsp3) is 0.882. The maximum Gasteiger partial charge on any atom is 0.249 e. The molecular weight excluding hydrogens is 264 g/mol. The van der Waals surface area contributed by atoms with E-state index in [1.165, 1.54) is 19.3 Å². The summed E-state index contributed by atoms with van der Waals surface area (Å²) in [5, 5.41) is 3.13. The summed E-state index contributed by atoms with van der Waals surface area (Å²) in [7, 11) is 0. The Hall–Kier alpha value is -1.06. The van der Waals surface area contributed by atoms with Gasteiger partial charge < -0.3 is 10.2 Å². The maximum atomic E-state index is 13.2. The van der Waals surface area contributed by atoms with Crippen molar-refractivity contribution in [3.05, 3.63) is 0 Å². The van der Waals surface area contributed by atoms with Gasteiger partial charge >= 0.3 is 0 Å². The van der Waals surface area contributed by atoms with E-state index in [2.05, 4.69) is 26.1 Å². The number of amides is 2. The fourth-order valence-electron chi connectivity index (χ4n) is 4.01. The van der Waals surface area contributed by atoms with Crippen LogP contribution in [0.15, 0.2) is 0 Å². The van der Waals surface area contributed by atoms with E-state index < -0.39 is 5.54 Å². The summed E-state index contributed by atoms with van der Waals surface area (Å²) in [5.41, 5.74) is -0.809. The largest absolute Gasteiger partial charge is 0.340 e. The number of nitrogens with one attached hydrogen (secondary N) is 1. The van der Waals surface area contributed by atoms with Crippen LogP contribution in [0.25, 0.3) is 0 Å². The number of hydrogen-bond acceptors (Lipinski definition) is 2. The molecule has 0 bridgehead atoms. The van der Waals surface area contributed by atoms with E-state index in [1.807, 2.05) is 4.90 Å². The number of carbonyl (C=O) groups is 2. The van der Waals surface area contributed by atoms with Gasteiger partial charge in [0.1, 0.15) is 11.6 Å². The molecule has 3 fully saturated rings. The van der Waals surface area contributed by atoms with Crippen LogP contribution in [0, 0.1) is 11.3 Å². The molecule has 4 nitrogen and oxygen atoms in total. The second-order valence-electron chi connectivity index (χ2n) is 8.30. The van der Waals surface area contributed by atoms with E-state index >= 15 is 0 Å². The summed E-state index contributed by atoms with van der Waals surface area (Å²) < 4.78 is 0. The molecule has 0 aromatic carbocycles. The van der Waals surface area contributed by atoms with E-state index in [0.29, 0.717) is 5.92 Å². The molecule has 1 atom stereocenters. The van der Waals surface area contributed by atoms with Crippen LogP contribution in [0.1, 0.15) is 65.7 Å². The van der Waals surface area contributed by atoms with E-state index in [9.17, 15) is 9.59 Å². The van der Waals surface area contributed by atoms with Crippen LogP contribution in [0.2, 0.25) is 0 Å². The third-order valence-corrected chi connectivity index (χ3v) is 5.27. The molecule has 0 radical (unpaired) electrons. The van der Waals surface area contributed by atoms with Gasteiger partial charge in [-0.25, -0.2) is 0 Å². The van der Waals surface area contributed by atoms with Crippen LogP contribution in [-0.2, 0) is 9.59 Å². The van der Waals surface area contributed by atoms with E-state index in [0.717, 1.165) is 32.2 Å². The molecule has 2 aliphatic carbocycles. The average Bonchev–Trinajstić information content (AvgIpc) is 3.19. The molecule has 21 heavy (non-hydrogen) atoms. The second kappa shape index (κ2) is 4.99. The Labute approximate surface area is 127 Å². The van der Waals surface area contributed by atoms with Crippen LogP contribution in [0.4, 0.5) is 0 Å². The van der Waals surface area contributed by atoms with Gasteiger partial charge in [-0.3, -0.25) is 9.59 Å². The normalized spacial score (nSPS) is 29.7. The molecule has 1 unspecified atom stereocenters. The number of carbonyl (C=O) groups excluding carboxylic acids is 2. The zero-order valence-corrected chi connectivity index (χ0v) is 13.6. The molecule has 118 valence electrons. The van der Waals surface area contributed by atoms with Crippen LogP contribution in [0.3, 0.4) is 0 Å². The van der Waals surface area contributed by atoms with Crippen LogP contribution < -0.4 is 5.32 Å². The predicted octanol–water partition coefficient (Wildman–Crippen LogP) is 2.47. The first-order valence-electron chi connectivity index (χ1n) is 8.47. The van der Waals surface area contributed by atoms with Gasteiger partial charge in [0.25, 0.3) is 0 Å². The summed E-state index contributed by atoms with van der Waals surface area (Å²) in [6.45, 7) is 6.95. The second-order valence-corrected chi connectivity index (χ2v) is 8.30. The van der Waals surface area contributed by atoms with Gasteiger partial charge in [0.2, 0.25) is 11.8 Å². The number of rotatable bonds is 2. The van der Waals surface area contributed by atoms with Crippen molar-refractivity contribution >= 4 is 11.8 Å². The molecule has 0 aromatic rings. The first kappa shape index (κ1) is 14.9. The van der Waals surface area contributed by atoms with Crippen molar-refractivity contribution in [2.75, 3.05) is 6.54 Å². The maximum absolute atomic E-state index is 13.2. The first-order chi connectivity index (χ1) is 9.83. The highest BCUT2D eigenvalue weighted by Gasteiger charge is 2.54. The zero-order valence-electron chi connectivity index (χ0n) is 13.6. The molecule has 1 spiro atoms. The molecule has 3 rings (SSSR count). The van der Waals surface area contributed by atoms with Crippen molar-refractivity contribution in [2.24, 2.45) is 11.3 Å². The van der Waals surface area contributed by atoms with E-state index in [-0.39, 0.29) is 23.3 Å². The van der Waals surface area contributed by atoms with Crippen LogP contribution >= 0.6 is 0 Å². The highest BCUT2D eigenvalue weighted by atomic mass is 16.2. The highest BCUT2D eigenvalue weighted by molar-refractivity contribution is 6.00. The van der Waals surface area contributed by atoms with Crippen molar-refractivity contribution in [2.45, 2.75) is 77.3 Å². The lowest BCUT2D eigenvalue weighted by Gasteiger charge is -2.51. The molecule has 4 heteroatoms. The number of piperazine rings is 1. The van der Waals surface area contributed by atoms with Crippen molar-refractivity contribution in [1.29, 1.82) is 0 Å². The standard InChI is InChI=1S/C17H28N2O2/c1-16(2,3)13-14(20)18-17(9-5-4-6-10-17)15(21)19(13)11-12-7-8-12/h12-13H,4-11H2,1-3H3,(H,18,20). The molecule has 1 N–H and O–H groups in total. The van der Waals surface area contributed by atoms with Crippen LogP contribution in [-0.4, -0.2) is 34.8 Å². The zero-order chi connectivity index (χ0) is 15.3. The number of hydrogen-bond donors (Lipinski definition) is 1. The monoisotopic (exact) mass is 292 g/mol. The minimum Gasteiger partial charge on any atom is -0.340 e. The van der Waals surface area contributed by atoms with Crippen molar-refractivity contribution in [1.82, 2.24) is 10.2 Å². The van der Waals surface area contributed by atoms with Crippen molar-refractivity contribution in [3.8, 4) is 0 Å². The first-order valence-corrected chi connectivity index (χ1v) is 8.47. The van der Waals surface area contributed by atoms with Crippen molar-refractivity contribution < 1.29 is 9.59 Å². The fourth-order valence-corrected chi connectivity index (χ4v) is 4.01. The summed E-state index contributed by atoms with van der Waals surface area (Å²) in [6, 6.07) is -0.321. The van der Waals surface area contributed by atoms with Gasteiger partial charge in [-0.05, 0) is 37.0 Å². The minimum atomic E-state index is -0.591. The summed E-state index contributed by atoms with van der Waals surface area (Å²) in [4.78, 5) is 27.9. The van der Waals surface area contributed by atoms with Gasteiger partial charge in [-0.2, -0.15) is 0 Å². The van der Waals surface area contributed by atoms with Gasteiger partial charge in [0.15, 0.2) is 0 Å². The Bertz CT molecular complexity index is 442. The molecule has 2 saturated carbocycles. The average molecular weight is 292 g/mol. The van der Waals surface area contributed by atoms with Gasteiger partial charge in [0, 0.05) is 6.54 Å². The van der Waals surface area contributed by atoms with E-state index in [1.54, 1.807) is 0 Å². The molecule has 0 aromatic heterocycles. The Morgan fingerprint density at radius 2 is 1.76 bits per heavy atom. The molecule has 1 aliphatic heterocycles. The third kappa shape index (κ3) is 2.69. The molecule has 1 heterocycles. The van der Waals surface area contributed by atoms with Gasteiger partial charge in [0.05, 0.1) is 0 Å². The highest BCUT2D eigenvalue weighted by Crippen LogP contribution is 2.40.